The van der Waals surface area contributed by atoms with Gasteiger partial charge in [0.15, 0.2) is 0 Å². The van der Waals surface area contributed by atoms with Crippen molar-refractivity contribution in [1.29, 1.82) is 0 Å². The molecule has 0 aliphatic rings. The Hall–Kier alpha value is -0.610. The normalized spacial score (nSPS) is 11.5. The maximum absolute atomic E-state index is 10.2. The van der Waals surface area contributed by atoms with Crippen LogP contribution in [0, 0.1) is 0 Å². The third-order valence-corrected chi connectivity index (χ3v) is 1.64. The van der Waals surface area contributed by atoms with Crippen molar-refractivity contribution in [3.63, 3.8) is 0 Å². The Bertz CT molecular complexity index is 134. The van der Waals surface area contributed by atoms with Gasteiger partial charge in [0, 0.05) is 0 Å². The van der Waals surface area contributed by atoms with Gasteiger partial charge < -0.3 is 14.7 Å². The van der Waals surface area contributed by atoms with E-state index in [1.54, 1.807) is 0 Å². The van der Waals surface area contributed by atoms with Crippen LogP contribution in [0.5, 0.6) is 0 Å². The Morgan fingerprint density at radius 3 is 2.27 bits per heavy atom. The van der Waals surface area contributed by atoms with Gasteiger partial charge in [0.05, 0.1) is 33.7 Å². The number of rotatable bonds is 5. The van der Waals surface area contributed by atoms with Crippen LogP contribution in [0.1, 0.15) is 6.42 Å². The highest BCUT2D eigenvalue weighted by Gasteiger charge is 2.15. The smallest absolute Gasteiger partial charge is 0.309 e. The summed E-state index contributed by atoms with van der Waals surface area (Å²) in [7, 11) is 3.80. The first-order valence-corrected chi connectivity index (χ1v) is 3.62. The highest BCUT2D eigenvalue weighted by Crippen LogP contribution is 1.97. The molecular formula is C7H16NO3+. The van der Waals surface area contributed by atoms with Gasteiger partial charge >= 0.3 is 5.97 Å². The molecule has 0 heterocycles. The van der Waals surface area contributed by atoms with Crippen molar-refractivity contribution in [1.82, 2.24) is 0 Å². The molecule has 0 aliphatic carbocycles. The predicted octanol–water partition coefficient (Wildman–Crippen LogP) is -0.470. The molecule has 0 aliphatic heterocycles. The lowest BCUT2D eigenvalue weighted by Gasteiger charge is -2.27. The molecule has 0 aromatic heterocycles. The molecule has 0 unspecified atom stereocenters. The lowest BCUT2D eigenvalue weighted by Crippen LogP contribution is -2.43. The van der Waals surface area contributed by atoms with Crippen molar-refractivity contribution < 1.29 is 19.5 Å². The first kappa shape index (κ1) is 10.4. The Kier molecular flexibility index (Phi) is 4.07. The Labute approximate surface area is 66.6 Å². The SMILES string of the molecule is C[N+](C)(CCO)CCC(=O)O. The summed E-state index contributed by atoms with van der Waals surface area (Å²) in [6.45, 7) is 1.27. The topological polar surface area (TPSA) is 57.5 Å². The Morgan fingerprint density at radius 2 is 1.91 bits per heavy atom. The minimum Gasteiger partial charge on any atom is -0.481 e. The number of quaternary nitrogens is 1. The van der Waals surface area contributed by atoms with Crippen molar-refractivity contribution >= 4 is 5.97 Å². The highest BCUT2D eigenvalue weighted by atomic mass is 16.4. The fourth-order valence-electron chi connectivity index (χ4n) is 0.781. The van der Waals surface area contributed by atoms with E-state index >= 15 is 0 Å². The summed E-state index contributed by atoms with van der Waals surface area (Å²) < 4.78 is 0.558. The number of aliphatic carboxylic acids is 1. The van der Waals surface area contributed by atoms with Gasteiger partial charge in [0.25, 0.3) is 0 Å². The van der Waals surface area contributed by atoms with Crippen LogP contribution in [-0.4, -0.2) is 54.5 Å². The predicted molar refractivity (Wildman–Crippen MR) is 41.2 cm³/mol. The van der Waals surface area contributed by atoms with E-state index in [1.165, 1.54) is 0 Å². The minimum atomic E-state index is -0.783. The molecule has 4 heteroatoms. The lowest BCUT2D eigenvalue weighted by atomic mass is 10.3. The van der Waals surface area contributed by atoms with E-state index in [-0.39, 0.29) is 13.0 Å². The highest BCUT2D eigenvalue weighted by molar-refractivity contribution is 5.66. The number of hydrogen-bond acceptors (Lipinski definition) is 2. The second kappa shape index (κ2) is 4.31. The number of hydrogen-bond donors (Lipinski definition) is 2. The molecule has 0 saturated heterocycles. The standard InChI is InChI=1S/C7H15NO3/c1-8(2,5-6-9)4-3-7(10)11/h9H,3-6H2,1-2H3/p+1. The zero-order chi connectivity index (χ0) is 8.91. The molecule has 0 rings (SSSR count). The quantitative estimate of drug-likeness (QED) is 0.537. The van der Waals surface area contributed by atoms with Crippen molar-refractivity contribution in [2.45, 2.75) is 6.42 Å². The largest absolute Gasteiger partial charge is 0.481 e. The van der Waals surface area contributed by atoms with Crippen molar-refractivity contribution in [3.05, 3.63) is 0 Å². The minimum absolute atomic E-state index is 0.104. The van der Waals surface area contributed by atoms with E-state index in [0.717, 1.165) is 0 Å². The molecule has 0 amide bonds. The van der Waals surface area contributed by atoms with Crippen LogP contribution >= 0.6 is 0 Å². The molecule has 11 heavy (non-hydrogen) atoms. The average Bonchev–Trinajstić information content (AvgIpc) is 1.84. The van der Waals surface area contributed by atoms with Crippen LogP contribution in [0.15, 0.2) is 0 Å². The third kappa shape index (κ3) is 5.82. The zero-order valence-electron chi connectivity index (χ0n) is 7.08. The summed E-state index contributed by atoms with van der Waals surface area (Å²) in [4.78, 5) is 10.2. The van der Waals surface area contributed by atoms with Gasteiger partial charge in [0.2, 0.25) is 0 Å². The summed E-state index contributed by atoms with van der Waals surface area (Å²) in [5.41, 5.74) is 0. The molecule has 0 bridgehead atoms. The lowest BCUT2D eigenvalue weighted by molar-refractivity contribution is -0.890. The van der Waals surface area contributed by atoms with Gasteiger partial charge in [0.1, 0.15) is 6.54 Å². The average molecular weight is 162 g/mol. The van der Waals surface area contributed by atoms with E-state index in [1.807, 2.05) is 14.1 Å². The molecular weight excluding hydrogens is 146 g/mol. The summed E-state index contributed by atoms with van der Waals surface area (Å²) in [6.07, 6.45) is 0.160. The molecule has 4 nitrogen and oxygen atoms in total. The molecule has 0 saturated carbocycles. The first-order chi connectivity index (χ1) is 4.98. The van der Waals surface area contributed by atoms with Crippen molar-refractivity contribution in [2.24, 2.45) is 0 Å². The van der Waals surface area contributed by atoms with Gasteiger partial charge in [-0.15, -0.1) is 0 Å². The summed E-state index contributed by atoms with van der Waals surface area (Å²) in [6, 6.07) is 0. The van der Waals surface area contributed by atoms with Crippen molar-refractivity contribution in [3.8, 4) is 0 Å². The third-order valence-electron chi connectivity index (χ3n) is 1.64. The maximum atomic E-state index is 10.2. The van der Waals surface area contributed by atoms with Gasteiger partial charge in [-0.05, 0) is 0 Å². The number of aliphatic hydroxyl groups excluding tert-OH is 1. The number of carboxylic acids is 1. The van der Waals surface area contributed by atoms with Gasteiger partial charge in [-0.3, -0.25) is 4.79 Å². The molecule has 0 radical (unpaired) electrons. The summed E-state index contributed by atoms with van der Waals surface area (Å²) >= 11 is 0. The van der Waals surface area contributed by atoms with Gasteiger partial charge in [-0.25, -0.2) is 0 Å². The molecule has 0 fully saturated rings. The van der Waals surface area contributed by atoms with E-state index in [0.29, 0.717) is 17.6 Å². The van der Waals surface area contributed by atoms with Crippen LogP contribution in [-0.2, 0) is 4.79 Å². The number of carboxylic acid groups (broad SMARTS) is 1. The second-order valence-corrected chi connectivity index (χ2v) is 3.25. The first-order valence-electron chi connectivity index (χ1n) is 3.62. The number of likely N-dealkylation sites (N-methyl/N-ethyl adjacent to an activating group) is 1. The van der Waals surface area contributed by atoms with Crippen LogP contribution in [0.3, 0.4) is 0 Å². The van der Waals surface area contributed by atoms with E-state index in [9.17, 15) is 4.79 Å². The van der Waals surface area contributed by atoms with E-state index in [2.05, 4.69) is 0 Å². The van der Waals surface area contributed by atoms with E-state index in [4.69, 9.17) is 10.2 Å². The molecule has 0 aromatic rings. The fraction of sp³-hybridized carbons (Fsp3) is 0.857. The maximum Gasteiger partial charge on any atom is 0.309 e. The van der Waals surface area contributed by atoms with Crippen LogP contribution < -0.4 is 0 Å². The molecule has 0 atom stereocenters. The second-order valence-electron chi connectivity index (χ2n) is 3.25. The molecule has 66 valence electrons. The Morgan fingerprint density at radius 1 is 1.36 bits per heavy atom. The van der Waals surface area contributed by atoms with E-state index < -0.39 is 5.97 Å². The molecule has 0 aromatic carbocycles. The number of aliphatic hydroxyl groups is 1. The summed E-state index contributed by atoms with van der Waals surface area (Å²) in [5, 5.41) is 17.0. The van der Waals surface area contributed by atoms with Gasteiger partial charge in [-0.2, -0.15) is 0 Å². The monoisotopic (exact) mass is 162 g/mol. The Balaban J connectivity index is 3.63. The number of nitrogens with zero attached hydrogens (tertiary/aromatic N) is 1. The van der Waals surface area contributed by atoms with Gasteiger partial charge in [-0.1, -0.05) is 0 Å². The van der Waals surface area contributed by atoms with Crippen LogP contribution in [0.4, 0.5) is 0 Å². The van der Waals surface area contributed by atoms with Crippen LogP contribution in [0.25, 0.3) is 0 Å². The molecule has 2 N–H and O–H groups in total. The molecule has 0 spiro atoms. The summed E-state index contributed by atoms with van der Waals surface area (Å²) in [5.74, 6) is -0.783. The van der Waals surface area contributed by atoms with Crippen molar-refractivity contribution in [2.75, 3.05) is 33.8 Å². The zero-order valence-corrected chi connectivity index (χ0v) is 7.08. The fourth-order valence-corrected chi connectivity index (χ4v) is 0.781. The number of carbonyl (C=O) groups is 1. The van der Waals surface area contributed by atoms with Crippen LogP contribution in [0.2, 0.25) is 0 Å².